The Morgan fingerprint density at radius 2 is 2.00 bits per heavy atom. The Labute approximate surface area is 108 Å². The molecule has 0 aromatic heterocycles. The van der Waals surface area contributed by atoms with E-state index in [2.05, 4.69) is 12.2 Å². The van der Waals surface area contributed by atoms with Crippen molar-refractivity contribution in [3.8, 4) is 0 Å². The number of unbranched alkanes of at least 4 members (excludes halogenated alkanes) is 2. The maximum Gasteiger partial charge on any atom is 0.224 e. The van der Waals surface area contributed by atoms with Gasteiger partial charge in [0.15, 0.2) is 9.84 Å². The molecule has 1 amide bonds. The van der Waals surface area contributed by atoms with E-state index in [-0.39, 0.29) is 10.8 Å². The van der Waals surface area contributed by atoms with E-state index >= 15 is 0 Å². The molecule has 0 aliphatic heterocycles. The van der Waals surface area contributed by atoms with Crippen LogP contribution in [0.3, 0.4) is 0 Å². The Balaban J connectivity index is 2.65. The smallest absolute Gasteiger partial charge is 0.224 e. The lowest BCUT2D eigenvalue weighted by Crippen LogP contribution is -2.11. The molecule has 0 unspecified atom stereocenters. The summed E-state index contributed by atoms with van der Waals surface area (Å²) in [5.41, 5.74) is 0.527. The highest BCUT2D eigenvalue weighted by atomic mass is 32.2. The van der Waals surface area contributed by atoms with Crippen LogP contribution in [0.25, 0.3) is 0 Å². The van der Waals surface area contributed by atoms with Crippen molar-refractivity contribution in [2.75, 3.05) is 11.6 Å². The minimum Gasteiger partial charge on any atom is -0.326 e. The zero-order valence-corrected chi connectivity index (χ0v) is 11.6. The summed E-state index contributed by atoms with van der Waals surface area (Å²) >= 11 is 0. The number of sulfone groups is 1. The predicted octanol–water partition coefficient (Wildman–Crippen LogP) is 2.61. The number of carbonyl (C=O) groups is 1. The second-order valence-corrected chi connectivity index (χ2v) is 6.32. The molecule has 1 rings (SSSR count). The summed E-state index contributed by atoms with van der Waals surface area (Å²) in [7, 11) is -3.23. The highest BCUT2D eigenvalue weighted by Crippen LogP contribution is 2.15. The Bertz CT molecular complexity index is 509. The molecular weight excluding hydrogens is 250 g/mol. The van der Waals surface area contributed by atoms with Crippen molar-refractivity contribution < 1.29 is 13.2 Å². The predicted molar refractivity (Wildman–Crippen MR) is 72.3 cm³/mol. The molecule has 0 fully saturated rings. The van der Waals surface area contributed by atoms with Gasteiger partial charge in [-0.25, -0.2) is 8.42 Å². The number of hydrogen-bond acceptors (Lipinski definition) is 3. The lowest BCUT2D eigenvalue weighted by molar-refractivity contribution is -0.116. The van der Waals surface area contributed by atoms with Crippen LogP contribution in [-0.4, -0.2) is 20.6 Å². The van der Waals surface area contributed by atoms with Gasteiger partial charge in [0.1, 0.15) is 0 Å². The van der Waals surface area contributed by atoms with Crippen LogP contribution in [0.4, 0.5) is 5.69 Å². The van der Waals surface area contributed by atoms with Crippen molar-refractivity contribution in [2.24, 2.45) is 0 Å². The molecule has 0 aliphatic rings. The first-order chi connectivity index (χ1) is 8.43. The molecular formula is C13H19NO3S. The molecule has 0 heterocycles. The summed E-state index contributed by atoms with van der Waals surface area (Å²) in [6.07, 6.45) is 4.56. The number of amides is 1. The van der Waals surface area contributed by atoms with Gasteiger partial charge in [0.25, 0.3) is 0 Å². The molecule has 0 bridgehead atoms. The van der Waals surface area contributed by atoms with Crippen LogP contribution in [0, 0.1) is 0 Å². The van der Waals surface area contributed by atoms with Crippen molar-refractivity contribution in [2.45, 2.75) is 37.5 Å². The van der Waals surface area contributed by atoms with Crippen molar-refractivity contribution in [1.29, 1.82) is 0 Å². The van der Waals surface area contributed by atoms with E-state index in [1.54, 1.807) is 12.1 Å². The number of hydrogen-bond donors (Lipinski definition) is 1. The third kappa shape index (κ3) is 4.87. The van der Waals surface area contributed by atoms with Gasteiger partial charge in [-0.1, -0.05) is 25.8 Å². The standard InChI is InChI=1S/C13H19NO3S/c1-3-4-5-9-13(15)14-11-7-6-8-12(10-11)18(2,16)17/h6-8,10H,3-5,9H2,1-2H3,(H,14,15). The largest absolute Gasteiger partial charge is 0.326 e. The zero-order valence-electron chi connectivity index (χ0n) is 10.8. The first-order valence-electron chi connectivity index (χ1n) is 6.03. The SMILES string of the molecule is CCCCCC(=O)Nc1cccc(S(C)(=O)=O)c1. The fourth-order valence-electron chi connectivity index (χ4n) is 1.56. The highest BCUT2D eigenvalue weighted by molar-refractivity contribution is 7.90. The van der Waals surface area contributed by atoms with E-state index in [1.807, 2.05) is 0 Å². The van der Waals surface area contributed by atoms with Crippen LogP contribution in [0.2, 0.25) is 0 Å². The number of anilines is 1. The van der Waals surface area contributed by atoms with Crippen molar-refractivity contribution >= 4 is 21.4 Å². The summed E-state index contributed by atoms with van der Waals surface area (Å²) in [5.74, 6) is -0.0749. The molecule has 1 aromatic carbocycles. The van der Waals surface area contributed by atoms with Crippen LogP contribution in [0.1, 0.15) is 32.6 Å². The molecule has 18 heavy (non-hydrogen) atoms. The van der Waals surface area contributed by atoms with Crippen LogP contribution in [0.5, 0.6) is 0 Å². The quantitative estimate of drug-likeness (QED) is 0.807. The van der Waals surface area contributed by atoms with E-state index in [1.165, 1.54) is 12.1 Å². The van der Waals surface area contributed by atoms with Crippen LogP contribution in [0.15, 0.2) is 29.2 Å². The van der Waals surface area contributed by atoms with E-state index in [0.717, 1.165) is 25.5 Å². The second kappa shape index (κ2) is 6.54. The normalized spacial score (nSPS) is 11.2. The zero-order chi connectivity index (χ0) is 13.6. The van der Waals surface area contributed by atoms with Gasteiger partial charge in [0.05, 0.1) is 4.90 Å². The molecule has 0 saturated carbocycles. The molecule has 1 N–H and O–H groups in total. The lowest BCUT2D eigenvalue weighted by Gasteiger charge is -2.06. The highest BCUT2D eigenvalue weighted by Gasteiger charge is 2.08. The molecule has 1 aromatic rings. The molecule has 5 heteroatoms. The number of carbonyl (C=O) groups excluding carboxylic acids is 1. The first kappa shape index (κ1) is 14.7. The summed E-state index contributed by atoms with van der Waals surface area (Å²) in [6, 6.07) is 6.31. The van der Waals surface area contributed by atoms with Gasteiger partial charge in [0.2, 0.25) is 5.91 Å². The average molecular weight is 269 g/mol. The van der Waals surface area contributed by atoms with Crippen LogP contribution < -0.4 is 5.32 Å². The molecule has 0 saturated heterocycles. The Morgan fingerprint density at radius 1 is 1.28 bits per heavy atom. The number of nitrogens with one attached hydrogen (secondary N) is 1. The van der Waals surface area contributed by atoms with Crippen molar-refractivity contribution in [1.82, 2.24) is 0 Å². The minimum absolute atomic E-state index is 0.0749. The number of rotatable bonds is 6. The third-order valence-corrected chi connectivity index (χ3v) is 3.66. The van der Waals surface area contributed by atoms with E-state index in [4.69, 9.17) is 0 Å². The minimum atomic E-state index is -3.23. The Kier molecular flexibility index (Phi) is 5.34. The van der Waals surface area contributed by atoms with Crippen molar-refractivity contribution in [3.05, 3.63) is 24.3 Å². The fourth-order valence-corrected chi connectivity index (χ4v) is 2.23. The fraction of sp³-hybridized carbons (Fsp3) is 0.462. The molecule has 100 valence electrons. The van der Waals surface area contributed by atoms with E-state index in [9.17, 15) is 13.2 Å². The van der Waals surface area contributed by atoms with Gasteiger partial charge in [-0.05, 0) is 24.6 Å². The van der Waals surface area contributed by atoms with E-state index < -0.39 is 9.84 Å². The molecule has 0 radical (unpaired) electrons. The van der Waals surface area contributed by atoms with Gasteiger partial charge in [-0.3, -0.25) is 4.79 Å². The summed E-state index contributed by atoms with van der Waals surface area (Å²) in [5, 5.41) is 2.71. The number of benzene rings is 1. The Morgan fingerprint density at radius 3 is 2.61 bits per heavy atom. The first-order valence-corrected chi connectivity index (χ1v) is 7.92. The maximum atomic E-state index is 11.6. The monoisotopic (exact) mass is 269 g/mol. The molecule has 0 atom stereocenters. The molecule has 0 aliphatic carbocycles. The summed E-state index contributed by atoms with van der Waals surface area (Å²) in [4.78, 5) is 11.8. The van der Waals surface area contributed by atoms with E-state index in [0.29, 0.717) is 12.1 Å². The van der Waals surface area contributed by atoms with Gasteiger partial charge in [0, 0.05) is 18.4 Å². The van der Waals surface area contributed by atoms with Gasteiger partial charge in [-0.15, -0.1) is 0 Å². The summed E-state index contributed by atoms with van der Waals surface area (Å²) < 4.78 is 22.7. The second-order valence-electron chi connectivity index (χ2n) is 4.31. The average Bonchev–Trinajstić information content (AvgIpc) is 2.28. The van der Waals surface area contributed by atoms with Crippen LogP contribution >= 0.6 is 0 Å². The van der Waals surface area contributed by atoms with Gasteiger partial charge in [-0.2, -0.15) is 0 Å². The van der Waals surface area contributed by atoms with Crippen LogP contribution in [-0.2, 0) is 14.6 Å². The third-order valence-electron chi connectivity index (χ3n) is 2.55. The van der Waals surface area contributed by atoms with Gasteiger partial charge < -0.3 is 5.32 Å². The summed E-state index contributed by atoms with van der Waals surface area (Å²) in [6.45, 7) is 2.08. The maximum absolute atomic E-state index is 11.6. The Hall–Kier alpha value is -1.36. The van der Waals surface area contributed by atoms with Crippen molar-refractivity contribution in [3.63, 3.8) is 0 Å². The molecule has 4 nitrogen and oxygen atoms in total. The lowest BCUT2D eigenvalue weighted by atomic mass is 10.2. The molecule has 0 spiro atoms. The van der Waals surface area contributed by atoms with Gasteiger partial charge >= 0.3 is 0 Å². The topological polar surface area (TPSA) is 63.2 Å².